The average molecular weight is 221 g/mol. The van der Waals surface area contributed by atoms with Crippen molar-refractivity contribution in [3.8, 4) is 0 Å². The van der Waals surface area contributed by atoms with Gasteiger partial charge in [0.15, 0.2) is 0 Å². The van der Waals surface area contributed by atoms with Crippen molar-refractivity contribution in [2.75, 3.05) is 0 Å². The molecule has 4 heteroatoms. The second-order valence-corrected chi connectivity index (χ2v) is 3.95. The van der Waals surface area contributed by atoms with Crippen LogP contribution in [0.4, 0.5) is 4.79 Å². The van der Waals surface area contributed by atoms with Crippen molar-refractivity contribution >= 4 is 6.03 Å². The predicted molar refractivity (Wildman–Crippen MR) is 64.8 cm³/mol. The molecule has 0 unspecified atom stereocenters. The van der Waals surface area contributed by atoms with Crippen LogP contribution in [0.1, 0.15) is 25.0 Å². The van der Waals surface area contributed by atoms with Crippen molar-refractivity contribution < 1.29 is 4.79 Å². The van der Waals surface area contributed by atoms with Crippen LogP contribution in [-0.4, -0.2) is 12.1 Å². The largest absolute Gasteiger partial charge is 0.336 e. The van der Waals surface area contributed by atoms with Gasteiger partial charge in [0.2, 0.25) is 0 Å². The number of hydrogen-bond donors (Lipinski definition) is 3. The van der Waals surface area contributed by atoms with Crippen molar-refractivity contribution in [1.29, 1.82) is 0 Å². The summed E-state index contributed by atoms with van der Waals surface area (Å²) in [6.45, 7) is 4.84. The molecule has 4 nitrogen and oxygen atoms in total. The lowest BCUT2D eigenvalue weighted by Crippen LogP contribution is -2.39. The molecular weight excluding hydrogens is 202 g/mol. The summed E-state index contributed by atoms with van der Waals surface area (Å²) in [7, 11) is 0. The maximum atomic E-state index is 11.4. The molecule has 16 heavy (non-hydrogen) atoms. The Balaban J connectivity index is 2.51. The standard InChI is InChI=1S/C12H19N3O/c1-9(2)15-12(16)14-8-11-6-4-3-5-10(11)7-13/h3-6,9H,7-8,13H2,1-2H3,(H2,14,15,16). The molecule has 0 radical (unpaired) electrons. The van der Waals surface area contributed by atoms with Gasteiger partial charge in [-0.3, -0.25) is 0 Å². The van der Waals surface area contributed by atoms with Crippen LogP contribution < -0.4 is 16.4 Å². The molecule has 4 N–H and O–H groups in total. The topological polar surface area (TPSA) is 67.2 Å². The molecule has 1 rings (SSSR count). The summed E-state index contributed by atoms with van der Waals surface area (Å²) in [5.74, 6) is 0. The van der Waals surface area contributed by atoms with Crippen LogP contribution in [0, 0.1) is 0 Å². The van der Waals surface area contributed by atoms with Crippen LogP contribution in [0.25, 0.3) is 0 Å². The van der Waals surface area contributed by atoms with Crippen molar-refractivity contribution in [2.24, 2.45) is 5.73 Å². The summed E-state index contributed by atoms with van der Waals surface area (Å²) < 4.78 is 0. The zero-order chi connectivity index (χ0) is 12.0. The fraction of sp³-hybridized carbons (Fsp3) is 0.417. The molecule has 2 amide bonds. The Hall–Kier alpha value is -1.55. The third-order valence-electron chi connectivity index (χ3n) is 2.20. The zero-order valence-corrected chi connectivity index (χ0v) is 9.79. The summed E-state index contributed by atoms with van der Waals surface area (Å²) in [5.41, 5.74) is 7.73. The third-order valence-corrected chi connectivity index (χ3v) is 2.20. The van der Waals surface area contributed by atoms with Crippen LogP contribution in [0.3, 0.4) is 0 Å². The van der Waals surface area contributed by atoms with E-state index < -0.39 is 0 Å². The lowest BCUT2D eigenvalue weighted by molar-refractivity contribution is 0.238. The van der Waals surface area contributed by atoms with Crippen LogP contribution in [0.2, 0.25) is 0 Å². The van der Waals surface area contributed by atoms with Gasteiger partial charge in [-0.1, -0.05) is 24.3 Å². The van der Waals surface area contributed by atoms with Gasteiger partial charge in [-0.05, 0) is 25.0 Å². The zero-order valence-electron chi connectivity index (χ0n) is 9.79. The number of hydrogen-bond acceptors (Lipinski definition) is 2. The Labute approximate surface area is 96.2 Å². The van der Waals surface area contributed by atoms with Crippen LogP contribution in [0.15, 0.2) is 24.3 Å². The highest BCUT2D eigenvalue weighted by atomic mass is 16.2. The molecule has 0 aliphatic heterocycles. The number of carbonyl (C=O) groups is 1. The quantitative estimate of drug-likeness (QED) is 0.718. The van der Waals surface area contributed by atoms with Gasteiger partial charge in [-0.2, -0.15) is 0 Å². The molecule has 0 aliphatic rings. The van der Waals surface area contributed by atoms with E-state index in [0.29, 0.717) is 13.1 Å². The minimum atomic E-state index is -0.151. The number of urea groups is 1. The van der Waals surface area contributed by atoms with Gasteiger partial charge in [0, 0.05) is 19.1 Å². The first kappa shape index (κ1) is 12.5. The summed E-state index contributed by atoms with van der Waals surface area (Å²) >= 11 is 0. The van der Waals surface area contributed by atoms with Crippen molar-refractivity contribution in [1.82, 2.24) is 10.6 Å². The van der Waals surface area contributed by atoms with E-state index >= 15 is 0 Å². The van der Waals surface area contributed by atoms with E-state index in [1.165, 1.54) is 0 Å². The van der Waals surface area contributed by atoms with E-state index in [2.05, 4.69) is 10.6 Å². The Bertz CT molecular complexity index is 350. The number of nitrogens with one attached hydrogen (secondary N) is 2. The maximum absolute atomic E-state index is 11.4. The second-order valence-electron chi connectivity index (χ2n) is 3.95. The smallest absolute Gasteiger partial charge is 0.315 e. The molecule has 0 fully saturated rings. The van der Waals surface area contributed by atoms with Crippen molar-refractivity contribution in [3.05, 3.63) is 35.4 Å². The molecule has 0 saturated carbocycles. The molecule has 0 spiro atoms. The molecule has 0 aromatic heterocycles. The summed E-state index contributed by atoms with van der Waals surface area (Å²) in [6.07, 6.45) is 0. The van der Waals surface area contributed by atoms with Crippen LogP contribution in [0.5, 0.6) is 0 Å². The van der Waals surface area contributed by atoms with E-state index in [9.17, 15) is 4.79 Å². The Morgan fingerprint density at radius 2 is 1.94 bits per heavy atom. The van der Waals surface area contributed by atoms with Gasteiger partial charge in [-0.15, -0.1) is 0 Å². The highest BCUT2D eigenvalue weighted by molar-refractivity contribution is 5.74. The molecule has 1 aromatic rings. The minimum absolute atomic E-state index is 0.143. The molecule has 0 saturated heterocycles. The summed E-state index contributed by atoms with van der Waals surface area (Å²) in [5, 5.41) is 5.57. The number of benzene rings is 1. The van der Waals surface area contributed by atoms with Gasteiger partial charge in [0.25, 0.3) is 0 Å². The van der Waals surface area contributed by atoms with Crippen molar-refractivity contribution in [3.63, 3.8) is 0 Å². The number of amides is 2. The van der Waals surface area contributed by atoms with Gasteiger partial charge in [-0.25, -0.2) is 4.79 Å². The lowest BCUT2D eigenvalue weighted by atomic mass is 10.1. The first-order valence-electron chi connectivity index (χ1n) is 5.44. The Morgan fingerprint density at radius 1 is 1.31 bits per heavy atom. The van der Waals surface area contributed by atoms with Crippen LogP contribution >= 0.6 is 0 Å². The fourth-order valence-corrected chi connectivity index (χ4v) is 1.42. The minimum Gasteiger partial charge on any atom is -0.336 e. The normalized spacial score (nSPS) is 10.2. The molecule has 1 aromatic carbocycles. The van der Waals surface area contributed by atoms with Gasteiger partial charge in [0.1, 0.15) is 0 Å². The fourth-order valence-electron chi connectivity index (χ4n) is 1.42. The number of nitrogens with two attached hydrogens (primary N) is 1. The van der Waals surface area contributed by atoms with Crippen molar-refractivity contribution in [2.45, 2.75) is 33.0 Å². The SMILES string of the molecule is CC(C)NC(=O)NCc1ccccc1CN. The second kappa shape index (κ2) is 6.12. The van der Waals surface area contributed by atoms with Gasteiger partial charge >= 0.3 is 6.03 Å². The van der Waals surface area contributed by atoms with Gasteiger partial charge in [0.05, 0.1) is 0 Å². The molecule has 88 valence electrons. The van der Waals surface area contributed by atoms with Gasteiger partial charge < -0.3 is 16.4 Å². The molecule has 0 heterocycles. The maximum Gasteiger partial charge on any atom is 0.315 e. The lowest BCUT2D eigenvalue weighted by Gasteiger charge is -2.12. The van der Waals surface area contributed by atoms with Crippen LogP contribution in [-0.2, 0) is 13.1 Å². The third kappa shape index (κ3) is 3.90. The number of rotatable bonds is 4. The number of carbonyl (C=O) groups excluding carboxylic acids is 1. The Kier molecular flexibility index (Phi) is 4.79. The molecule has 0 atom stereocenters. The summed E-state index contributed by atoms with van der Waals surface area (Å²) in [6, 6.07) is 7.82. The first-order valence-corrected chi connectivity index (χ1v) is 5.44. The summed E-state index contributed by atoms with van der Waals surface area (Å²) in [4.78, 5) is 11.4. The molecule has 0 aliphatic carbocycles. The molecular formula is C12H19N3O. The van der Waals surface area contributed by atoms with E-state index in [4.69, 9.17) is 5.73 Å². The molecule has 0 bridgehead atoms. The van der Waals surface area contributed by atoms with E-state index in [-0.39, 0.29) is 12.1 Å². The average Bonchev–Trinajstić information content (AvgIpc) is 2.26. The highest BCUT2D eigenvalue weighted by Crippen LogP contribution is 2.06. The highest BCUT2D eigenvalue weighted by Gasteiger charge is 2.04. The predicted octanol–water partition coefficient (Wildman–Crippen LogP) is 1.35. The van der Waals surface area contributed by atoms with E-state index in [0.717, 1.165) is 11.1 Å². The Morgan fingerprint density at radius 3 is 2.50 bits per heavy atom. The first-order chi connectivity index (χ1) is 7.63. The monoisotopic (exact) mass is 221 g/mol. The van der Waals surface area contributed by atoms with E-state index in [1.54, 1.807) is 0 Å². The van der Waals surface area contributed by atoms with E-state index in [1.807, 2.05) is 38.1 Å².